The van der Waals surface area contributed by atoms with E-state index in [2.05, 4.69) is 182 Å². The number of nitrogens with zero attached hydrogens (tertiary/aromatic N) is 1. The highest BCUT2D eigenvalue weighted by Crippen LogP contribution is 2.49. The van der Waals surface area contributed by atoms with Crippen molar-refractivity contribution in [2.24, 2.45) is 16.6 Å². The lowest BCUT2D eigenvalue weighted by atomic mass is 9.72. The Morgan fingerprint density at radius 1 is 0.574 bits per heavy atom. The number of nitrogens with two attached hydrogens (primary N) is 1. The van der Waals surface area contributed by atoms with E-state index < -0.39 is 5.91 Å². The molecule has 7 aromatic rings. The van der Waals surface area contributed by atoms with Crippen LogP contribution in [-0.4, -0.2) is 17.9 Å². The molecule has 3 N–H and O–H groups in total. The van der Waals surface area contributed by atoms with Gasteiger partial charge in [0, 0.05) is 43.8 Å². The number of hydrogen-bond donors (Lipinski definition) is 2. The Hall–Kier alpha value is -4.94. The molecule has 6 heteroatoms. The number of carbonyl (C=O) groups excluding carboxylic acids is 2. The van der Waals surface area contributed by atoms with Crippen LogP contribution in [0.1, 0.15) is 141 Å². The Morgan fingerprint density at radius 2 is 1.02 bits per heavy atom. The van der Waals surface area contributed by atoms with Gasteiger partial charge in [-0.2, -0.15) is 0 Å². The molecule has 0 aliphatic rings. The molecule has 61 heavy (non-hydrogen) atoms. The van der Waals surface area contributed by atoms with Crippen LogP contribution in [0.5, 0.6) is 0 Å². The lowest BCUT2D eigenvalue weighted by Crippen LogP contribution is -2.34. The van der Waals surface area contributed by atoms with Gasteiger partial charge in [-0.15, -0.1) is 0 Å². The molecule has 0 saturated carbocycles. The molecule has 0 unspecified atom stereocenters. The quantitative estimate of drug-likeness (QED) is 0.0948. The van der Waals surface area contributed by atoms with E-state index in [1.165, 1.54) is 11.1 Å². The molecule has 0 fully saturated rings. The molecule has 0 aliphatic heterocycles. The zero-order valence-electron chi connectivity index (χ0n) is 38.4. The molecule has 5 nitrogen and oxygen atoms in total. The number of hydrogen-bond acceptors (Lipinski definition) is 3. The second kappa shape index (κ2) is 16.1. The topological polar surface area (TPSA) is 75.4 Å². The lowest BCUT2D eigenvalue weighted by Gasteiger charge is -2.34. The van der Waals surface area contributed by atoms with Crippen LogP contribution in [-0.2, 0) is 10.8 Å². The van der Waals surface area contributed by atoms with Gasteiger partial charge in [-0.05, 0) is 145 Å². The SMILES string of the molecule is CCC(CC)NC(=O)c1ccc2c3ccc(N(c4ccc(C(C)(C)CC(C)(C)C)cc4)c4ccc(C(C)(C)CC(C)(C)C)cc4)c4cc(Br)cc(c5ccc(C(N)=O)c1c25)c43. The molecule has 2 amide bonds. The van der Waals surface area contributed by atoms with Gasteiger partial charge < -0.3 is 16.0 Å². The molecule has 0 aliphatic carbocycles. The van der Waals surface area contributed by atoms with Crippen LogP contribution in [0.2, 0.25) is 0 Å². The van der Waals surface area contributed by atoms with Crippen LogP contribution in [0.4, 0.5) is 17.1 Å². The smallest absolute Gasteiger partial charge is 0.252 e. The van der Waals surface area contributed by atoms with E-state index in [9.17, 15) is 9.59 Å². The molecule has 7 aromatic carbocycles. The molecule has 0 saturated heterocycles. The first-order valence-electron chi connectivity index (χ1n) is 22.0. The van der Waals surface area contributed by atoms with Gasteiger partial charge in [0.25, 0.3) is 5.91 Å². The first-order chi connectivity index (χ1) is 28.5. The summed E-state index contributed by atoms with van der Waals surface area (Å²) in [5.41, 5.74) is 13.1. The number of rotatable bonds is 12. The Labute approximate surface area is 371 Å². The number of halogens is 1. The predicted molar refractivity (Wildman–Crippen MR) is 265 cm³/mol. The number of nitrogens with one attached hydrogen (secondary N) is 1. The minimum atomic E-state index is -0.558. The monoisotopic (exact) mass is 877 g/mol. The molecular weight excluding hydrogens is 815 g/mol. The van der Waals surface area contributed by atoms with Crippen LogP contribution < -0.4 is 16.0 Å². The van der Waals surface area contributed by atoms with Crippen LogP contribution in [0.15, 0.2) is 102 Å². The first-order valence-corrected chi connectivity index (χ1v) is 22.8. The molecule has 0 atom stereocenters. The molecule has 0 heterocycles. The summed E-state index contributed by atoms with van der Waals surface area (Å²) in [6, 6.07) is 34.9. The minimum absolute atomic E-state index is 0.00402. The van der Waals surface area contributed by atoms with E-state index in [1.54, 1.807) is 6.07 Å². The largest absolute Gasteiger partial charge is 0.366 e. The average molecular weight is 879 g/mol. The third-order valence-electron chi connectivity index (χ3n) is 12.6. The molecule has 0 radical (unpaired) electrons. The summed E-state index contributed by atoms with van der Waals surface area (Å²) in [7, 11) is 0. The van der Waals surface area contributed by atoms with E-state index >= 15 is 0 Å². The maximum Gasteiger partial charge on any atom is 0.252 e. The molecule has 0 bridgehead atoms. The fourth-order valence-corrected chi connectivity index (χ4v) is 11.0. The Kier molecular flexibility index (Phi) is 11.6. The van der Waals surface area contributed by atoms with Crippen molar-refractivity contribution in [3.63, 3.8) is 0 Å². The molecule has 0 spiro atoms. The zero-order valence-corrected chi connectivity index (χ0v) is 39.9. The van der Waals surface area contributed by atoms with Gasteiger partial charge in [0.05, 0.1) is 5.69 Å². The van der Waals surface area contributed by atoms with Gasteiger partial charge in [-0.1, -0.05) is 141 Å². The highest BCUT2D eigenvalue weighted by atomic mass is 79.9. The number of anilines is 3. The summed E-state index contributed by atoms with van der Waals surface area (Å²) in [5.74, 6) is -0.756. The van der Waals surface area contributed by atoms with Crippen LogP contribution in [0, 0.1) is 10.8 Å². The maximum atomic E-state index is 14.0. The van der Waals surface area contributed by atoms with Gasteiger partial charge in [0.2, 0.25) is 5.91 Å². The van der Waals surface area contributed by atoms with E-state index in [-0.39, 0.29) is 33.6 Å². The predicted octanol–water partition coefficient (Wildman–Crippen LogP) is 15.4. The lowest BCUT2D eigenvalue weighted by molar-refractivity contribution is 0.0936. The van der Waals surface area contributed by atoms with Gasteiger partial charge in [0.15, 0.2) is 0 Å². The second-order valence-electron chi connectivity index (χ2n) is 21.1. The zero-order chi connectivity index (χ0) is 44.4. The number of amides is 2. The van der Waals surface area contributed by atoms with Crippen LogP contribution in [0.3, 0.4) is 0 Å². The summed E-state index contributed by atoms with van der Waals surface area (Å²) >= 11 is 3.93. The number of fused-ring (bicyclic) bond motifs is 2. The van der Waals surface area contributed by atoms with Crippen molar-refractivity contribution in [1.29, 1.82) is 0 Å². The molecular formula is C55H64BrN3O2. The van der Waals surface area contributed by atoms with Gasteiger partial charge in [0.1, 0.15) is 0 Å². The highest BCUT2D eigenvalue weighted by Gasteiger charge is 2.30. The van der Waals surface area contributed by atoms with Gasteiger partial charge in [-0.25, -0.2) is 0 Å². The standard InChI is InChI=1S/C55H64BrN3O2/c1-13-36(14-2)58-51(61)43-26-24-40-39-27-28-46(45-30-35(56)29-44(47(39)45)41-23-25-42(50(57)60)49(43)48(40)41)59(37-19-15-33(16-20-37)54(9,10)31-52(3,4)5)38-21-17-34(18-22-38)55(11,12)32-53(6,7)8/h15-30,36H,13-14,31-32H2,1-12H3,(H2,57,60)(H,58,61). The van der Waals surface area contributed by atoms with Crippen molar-refractivity contribution in [3.8, 4) is 0 Å². The van der Waals surface area contributed by atoms with Crippen molar-refractivity contribution in [1.82, 2.24) is 5.32 Å². The van der Waals surface area contributed by atoms with Gasteiger partial charge in [-0.3, -0.25) is 9.59 Å². The number of primary amides is 1. The fraction of sp³-hybridized carbons (Fsp3) is 0.382. The van der Waals surface area contributed by atoms with Gasteiger partial charge >= 0.3 is 0 Å². The van der Waals surface area contributed by atoms with Crippen molar-refractivity contribution >= 4 is 87.9 Å². The summed E-state index contributed by atoms with van der Waals surface area (Å²) in [5, 5.41) is 10.9. The second-order valence-corrected chi connectivity index (χ2v) is 22.0. The Balaban J connectivity index is 1.49. The summed E-state index contributed by atoms with van der Waals surface area (Å²) in [6.45, 7) is 27.4. The van der Waals surface area contributed by atoms with Crippen molar-refractivity contribution in [2.45, 2.75) is 126 Å². The fourth-order valence-electron chi connectivity index (χ4n) is 10.6. The molecule has 318 valence electrons. The van der Waals surface area contributed by atoms with Crippen molar-refractivity contribution in [2.75, 3.05) is 4.90 Å². The van der Waals surface area contributed by atoms with E-state index in [4.69, 9.17) is 5.73 Å². The molecule has 7 rings (SSSR count). The van der Waals surface area contributed by atoms with Crippen molar-refractivity contribution < 1.29 is 9.59 Å². The maximum absolute atomic E-state index is 14.0. The summed E-state index contributed by atoms with van der Waals surface area (Å²) in [4.78, 5) is 29.4. The third-order valence-corrected chi connectivity index (χ3v) is 13.1. The summed E-state index contributed by atoms with van der Waals surface area (Å²) in [6.07, 6.45) is 3.76. The van der Waals surface area contributed by atoms with Crippen LogP contribution >= 0.6 is 15.9 Å². The minimum Gasteiger partial charge on any atom is -0.366 e. The summed E-state index contributed by atoms with van der Waals surface area (Å²) < 4.78 is 0.935. The van der Waals surface area contributed by atoms with E-state index in [0.717, 1.165) is 84.9 Å². The van der Waals surface area contributed by atoms with Crippen molar-refractivity contribution in [3.05, 3.63) is 124 Å². The first kappa shape index (κ1) is 44.1. The molecule has 0 aromatic heterocycles. The highest BCUT2D eigenvalue weighted by molar-refractivity contribution is 9.10. The number of benzene rings is 7. The Morgan fingerprint density at radius 3 is 1.49 bits per heavy atom. The Bertz CT molecular complexity index is 2690. The number of carbonyl (C=O) groups is 2. The van der Waals surface area contributed by atoms with E-state index in [1.807, 2.05) is 18.2 Å². The van der Waals surface area contributed by atoms with E-state index in [0.29, 0.717) is 16.5 Å². The average Bonchev–Trinajstić information content (AvgIpc) is 3.17. The third kappa shape index (κ3) is 8.63. The van der Waals surface area contributed by atoms with Crippen LogP contribution in [0.25, 0.3) is 43.1 Å². The normalized spacial score (nSPS) is 13.0.